The van der Waals surface area contributed by atoms with Crippen LogP contribution in [0.2, 0.25) is 0 Å². The van der Waals surface area contributed by atoms with Gasteiger partial charge in [-0.15, -0.1) is 0 Å². The monoisotopic (exact) mass is 270 g/mol. The standard InChI is InChI=1S/C12H18N2O5/c1-9(16)14-6-5-13-4-2-12(17)19-10-3-7-18-11(10)8-15/h10,13H,2-7H2,1H3,(H,14,16). The summed E-state index contributed by atoms with van der Waals surface area (Å²) in [5.74, 6) is 1.21. The molecule has 7 heteroatoms. The van der Waals surface area contributed by atoms with Gasteiger partial charge in [0.2, 0.25) is 11.7 Å². The molecular weight excluding hydrogens is 252 g/mol. The fourth-order valence-corrected chi connectivity index (χ4v) is 1.57. The van der Waals surface area contributed by atoms with Crippen molar-refractivity contribution in [3.05, 3.63) is 5.76 Å². The van der Waals surface area contributed by atoms with Crippen molar-refractivity contribution in [1.82, 2.24) is 10.6 Å². The van der Waals surface area contributed by atoms with Crippen molar-refractivity contribution >= 4 is 17.8 Å². The average Bonchev–Trinajstić information content (AvgIpc) is 2.80. The third kappa shape index (κ3) is 6.03. The molecule has 1 atom stereocenters. The number of hydrogen-bond acceptors (Lipinski definition) is 6. The molecule has 0 saturated carbocycles. The minimum atomic E-state index is -0.593. The number of carbonyl (C=O) groups is 2. The molecule has 0 spiro atoms. The molecule has 1 fully saturated rings. The first-order valence-corrected chi connectivity index (χ1v) is 6.16. The van der Waals surface area contributed by atoms with Crippen LogP contribution in [0.5, 0.6) is 0 Å². The van der Waals surface area contributed by atoms with Gasteiger partial charge in [0.15, 0.2) is 12.0 Å². The lowest BCUT2D eigenvalue weighted by atomic mass is 10.3. The zero-order valence-electron chi connectivity index (χ0n) is 10.9. The van der Waals surface area contributed by atoms with Crippen molar-refractivity contribution in [3.8, 4) is 0 Å². The molecule has 1 unspecified atom stereocenters. The van der Waals surface area contributed by atoms with Crippen LogP contribution in [-0.4, -0.2) is 50.2 Å². The number of amides is 1. The molecule has 0 aliphatic carbocycles. The number of rotatable bonds is 7. The highest BCUT2D eigenvalue weighted by Gasteiger charge is 2.27. The van der Waals surface area contributed by atoms with Gasteiger partial charge in [-0.25, -0.2) is 4.79 Å². The van der Waals surface area contributed by atoms with Crippen molar-refractivity contribution in [2.24, 2.45) is 0 Å². The van der Waals surface area contributed by atoms with Gasteiger partial charge >= 0.3 is 5.97 Å². The molecule has 2 N–H and O–H groups in total. The molecule has 0 radical (unpaired) electrons. The van der Waals surface area contributed by atoms with E-state index in [0.29, 0.717) is 32.7 Å². The highest BCUT2D eigenvalue weighted by atomic mass is 16.6. The maximum absolute atomic E-state index is 11.5. The van der Waals surface area contributed by atoms with Gasteiger partial charge in [0.05, 0.1) is 13.0 Å². The number of hydrogen-bond donors (Lipinski definition) is 2. The minimum absolute atomic E-state index is 0.0620. The van der Waals surface area contributed by atoms with Crippen LogP contribution in [0.15, 0.2) is 5.76 Å². The molecule has 1 amide bonds. The Labute approximate surface area is 111 Å². The molecule has 19 heavy (non-hydrogen) atoms. The second-order valence-electron chi connectivity index (χ2n) is 4.06. The molecule has 0 aromatic rings. The van der Waals surface area contributed by atoms with E-state index < -0.39 is 12.1 Å². The maximum Gasteiger partial charge on any atom is 0.307 e. The Hall–Kier alpha value is -1.85. The molecule has 1 saturated heterocycles. The predicted octanol–water partition coefficient (Wildman–Crippen LogP) is -0.850. The van der Waals surface area contributed by atoms with E-state index in [2.05, 4.69) is 10.6 Å². The molecule has 106 valence electrons. The van der Waals surface area contributed by atoms with E-state index in [1.807, 2.05) is 0 Å². The van der Waals surface area contributed by atoms with Crippen LogP contribution in [0.3, 0.4) is 0 Å². The van der Waals surface area contributed by atoms with Crippen LogP contribution in [0.1, 0.15) is 19.8 Å². The average molecular weight is 270 g/mol. The van der Waals surface area contributed by atoms with Gasteiger partial charge in [-0.2, -0.15) is 0 Å². The van der Waals surface area contributed by atoms with E-state index >= 15 is 0 Å². The quantitative estimate of drug-likeness (QED) is 0.355. The molecule has 1 rings (SSSR count). The number of esters is 1. The largest absolute Gasteiger partial charge is 0.483 e. The fourth-order valence-electron chi connectivity index (χ4n) is 1.57. The van der Waals surface area contributed by atoms with Crippen molar-refractivity contribution in [1.29, 1.82) is 0 Å². The summed E-state index contributed by atoms with van der Waals surface area (Å²) in [7, 11) is 0. The Bertz CT molecular complexity index is 376. The maximum atomic E-state index is 11.5. The van der Waals surface area contributed by atoms with Crippen LogP contribution in [-0.2, 0) is 23.9 Å². The molecule has 0 bridgehead atoms. The molecule has 7 nitrogen and oxygen atoms in total. The summed E-state index contributed by atoms with van der Waals surface area (Å²) in [5, 5.41) is 5.62. The Morgan fingerprint density at radius 3 is 2.89 bits per heavy atom. The third-order valence-electron chi connectivity index (χ3n) is 2.49. The van der Waals surface area contributed by atoms with E-state index in [1.54, 1.807) is 5.94 Å². The lowest BCUT2D eigenvalue weighted by Crippen LogP contribution is -2.31. The van der Waals surface area contributed by atoms with Crippen LogP contribution >= 0.6 is 0 Å². The Kier molecular flexibility index (Phi) is 6.63. The zero-order valence-corrected chi connectivity index (χ0v) is 10.9. The number of nitrogens with one attached hydrogen (secondary N) is 2. The summed E-state index contributed by atoms with van der Waals surface area (Å²) in [6, 6.07) is 0. The topological polar surface area (TPSA) is 93.7 Å². The molecular formula is C12H18N2O5. The van der Waals surface area contributed by atoms with Crippen LogP contribution in [0, 0.1) is 0 Å². The SMILES string of the molecule is CC(=O)NCCNCCC(=O)OC1CCOC1=C=O. The van der Waals surface area contributed by atoms with Crippen LogP contribution in [0.25, 0.3) is 0 Å². The van der Waals surface area contributed by atoms with Crippen molar-refractivity contribution in [2.45, 2.75) is 25.9 Å². The van der Waals surface area contributed by atoms with Crippen LogP contribution < -0.4 is 10.6 Å². The summed E-state index contributed by atoms with van der Waals surface area (Å²) in [4.78, 5) is 32.5. The van der Waals surface area contributed by atoms with Gasteiger partial charge < -0.3 is 20.1 Å². The van der Waals surface area contributed by atoms with Gasteiger partial charge in [0.1, 0.15) is 0 Å². The first-order valence-electron chi connectivity index (χ1n) is 6.16. The Morgan fingerprint density at radius 2 is 2.21 bits per heavy atom. The predicted molar refractivity (Wildman–Crippen MR) is 65.8 cm³/mol. The van der Waals surface area contributed by atoms with Crippen LogP contribution in [0.4, 0.5) is 0 Å². The lowest BCUT2D eigenvalue weighted by Gasteiger charge is -2.10. The number of ether oxygens (including phenoxy) is 2. The Balaban J connectivity index is 2.08. The Morgan fingerprint density at radius 1 is 1.42 bits per heavy atom. The molecule has 1 aliphatic heterocycles. The molecule has 1 aliphatic rings. The van der Waals surface area contributed by atoms with Gasteiger partial charge in [-0.05, 0) is 0 Å². The second-order valence-corrected chi connectivity index (χ2v) is 4.06. The summed E-state index contributed by atoms with van der Waals surface area (Å²) in [5.41, 5.74) is 0. The molecule has 1 heterocycles. The van der Waals surface area contributed by atoms with Gasteiger partial charge in [0, 0.05) is 33.0 Å². The van der Waals surface area contributed by atoms with E-state index in [1.165, 1.54) is 6.92 Å². The van der Waals surface area contributed by atoms with E-state index in [0.717, 1.165) is 0 Å². The van der Waals surface area contributed by atoms with Gasteiger partial charge in [-0.3, -0.25) is 9.59 Å². The lowest BCUT2D eigenvalue weighted by molar-refractivity contribution is -0.147. The smallest absolute Gasteiger partial charge is 0.307 e. The van der Waals surface area contributed by atoms with Crippen molar-refractivity contribution in [2.75, 3.05) is 26.2 Å². The zero-order chi connectivity index (χ0) is 14.1. The third-order valence-corrected chi connectivity index (χ3v) is 2.49. The van der Waals surface area contributed by atoms with E-state index in [-0.39, 0.29) is 18.1 Å². The normalized spacial score (nSPS) is 17.5. The minimum Gasteiger partial charge on any atom is -0.483 e. The van der Waals surface area contributed by atoms with E-state index in [9.17, 15) is 14.4 Å². The highest BCUT2D eigenvalue weighted by Crippen LogP contribution is 2.18. The first-order chi connectivity index (χ1) is 9.13. The first kappa shape index (κ1) is 15.2. The summed E-state index contributed by atoms with van der Waals surface area (Å²) >= 11 is 0. The summed E-state index contributed by atoms with van der Waals surface area (Å²) in [6.45, 7) is 3.36. The van der Waals surface area contributed by atoms with Gasteiger partial charge in [0.25, 0.3) is 0 Å². The van der Waals surface area contributed by atoms with E-state index in [4.69, 9.17) is 9.47 Å². The van der Waals surface area contributed by atoms with Crippen molar-refractivity contribution in [3.63, 3.8) is 0 Å². The summed E-state index contributed by atoms with van der Waals surface area (Å²) in [6.07, 6.45) is 0.0963. The number of carbonyl (C=O) groups excluding carboxylic acids is 3. The summed E-state index contributed by atoms with van der Waals surface area (Å²) < 4.78 is 10.0. The fraction of sp³-hybridized carbons (Fsp3) is 0.667. The molecule has 0 aromatic heterocycles. The van der Waals surface area contributed by atoms with Gasteiger partial charge in [-0.1, -0.05) is 0 Å². The van der Waals surface area contributed by atoms with Crippen molar-refractivity contribution < 1.29 is 23.9 Å². The highest BCUT2D eigenvalue weighted by molar-refractivity contribution is 5.72. The second kappa shape index (κ2) is 8.29. The molecule has 0 aromatic carbocycles.